The Morgan fingerprint density at radius 2 is 1.97 bits per heavy atom. The molecule has 9 nitrogen and oxygen atoms in total. The third-order valence-electron chi connectivity index (χ3n) is 4.26. The summed E-state index contributed by atoms with van der Waals surface area (Å²) in [6.07, 6.45) is -5.42. The maximum atomic E-state index is 13.4. The first kappa shape index (κ1) is 22.2. The van der Waals surface area contributed by atoms with Gasteiger partial charge in [0.15, 0.2) is 0 Å². The van der Waals surface area contributed by atoms with E-state index in [-0.39, 0.29) is 17.5 Å². The van der Waals surface area contributed by atoms with Crippen LogP contribution >= 0.6 is 0 Å². The van der Waals surface area contributed by atoms with Gasteiger partial charge >= 0.3 is 6.18 Å². The lowest BCUT2D eigenvalue weighted by atomic mass is 10.1. The molecule has 2 atom stereocenters. The Morgan fingerprint density at radius 3 is 2.60 bits per heavy atom. The third kappa shape index (κ3) is 5.56. The molecule has 1 fully saturated rings. The van der Waals surface area contributed by atoms with Crippen LogP contribution in [0.2, 0.25) is 0 Å². The molecule has 30 heavy (non-hydrogen) atoms. The minimum Gasteiger partial charge on any atom is -0.471 e. The molecule has 2 heterocycles. The van der Waals surface area contributed by atoms with Gasteiger partial charge in [-0.1, -0.05) is 0 Å². The number of aromatic nitrogens is 2. The molecule has 0 bridgehead atoms. The highest BCUT2D eigenvalue weighted by Gasteiger charge is 2.38. The Labute approximate surface area is 170 Å². The Hall–Kier alpha value is -2.48. The molecule has 1 saturated heterocycles. The number of nitrogens with two attached hydrogens (primary N) is 1. The number of sulfonamides is 1. The highest BCUT2D eigenvalue weighted by molar-refractivity contribution is 7.89. The number of ether oxygens (including phenoxy) is 2. The number of rotatable bonds is 5. The van der Waals surface area contributed by atoms with Crippen LogP contribution < -0.4 is 15.2 Å². The molecule has 1 aliphatic heterocycles. The van der Waals surface area contributed by atoms with Gasteiger partial charge in [0.05, 0.1) is 11.5 Å². The standard InChI is InChI=1S/C17H19F3N4O5S/c18-17(19,20)12-8-22-16(23-10-3-5-11(6-4-10)30(21,26)27)24-15(12)29-14-2-1-7-28-9-13(14)25/h3-6,8,13-14,25H,1-2,7,9H2,(H2,21,26,27)(H,22,23,24). The van der Waals surface area contributed by atoms with Gasteiger partial charge in [-0.2, -0.15) is 18.2 Å². The van der Waals surface area contributed by atoms with Crippen LogP contribution in [0.1, 0.15) is 18.4 Å². The molecule has 2 aromatic rings. The number of primary sulfonamides is 1. The first-order valence-electron chi connectivity index (χ1n) is 8.80. The van der Waals surface area contributed by atoms with Gasteiger partial charge in [0.1, 0.15) is 17.8 Å². The van der Waals surface area contributed by atoms with Gasteiger partial charge in [0.2, 0.25) is 21.9 Å². The molecular weight excluding hydrogens is 429 g/mol. The first-order valence-corrected chi connectivity index (χ1v) is 10.4. The fourth-order valence-electron chi connectivity index (χ4n) is 2.74. The monoisotopic (exact) mass is 448 g/mol. The molecule has 13 heteroatoms. The smallest absolute Gasteiger partial charge is 0.423 e. The maximum absolute atomic E-state index is 13.4. The molecule has 2 unspecified atom stereocenters. The lowest BCUT2D eigenvalue weighted by Gasteiger charge is -2.23. The second-order valence-corrected chi connectivity index (χ2v) is 8.11. The summed E-state index contributed by atoms with van der Waals surface area (Å²) in [6.45, 7) is 0.312. The van der Waals surface area contributed by atoms with Crippen molar-refractivity contribution in [1.82, 2.24) is 9.97 Å². The predicted molar refractivity (Wildman–Crippen MR) is 98.6 cm³/mol. The number of hydrogen-bond donors (Lipinski definition) is 3. The van der Waals surface area contributed by atoms with E-state index < -0.39 is 39.9 Å². The van der Waals surface area contributed by atoms with Gasteiger partial charge in [-0.25, -0.2) is 18.5 Å². The Morgan fingerprint density at radius 1 is 1.27 bits per heavy atom. The molecule has 0 radical (unpaired) electrons. The van der Waals surface area contributed by atoms with Crippen LogP contribution in [0, 0.1) is 0 Å². The van der Waals surface area contributed by atoms with Gasteiger partial charge in [0.25, 0.3) is 0 Å². The second-order valence-electron chi connectivity index (χ2n) is 6.55. The first-order chi connectivity index (χ1) is 14.0. The van der Waals surface area contributed by atoms with Crippen molar-refractivity contribution in [3.05, 3.63) is 36.0 Å². The van der Waals surface area contributed by atoms with Crippen molar-refractivity contribution in [2.45, 2.75) is 36.1 Å². The van der Waals surface area contributed by atoms with Crippen molar-refractivity contribution in [2.75, 3.05) is 18.5 Å². The van der Waals surface area contributed by atoms with E-state index in [1.165, 1.54) is 24.3 Å². The molecule has 4 N–H and O–H groups in total. The van der Waals surface area contributed by atoms with E-state index in [9.17, 15) is 26.7 Å². The zero-order valence-electron chi connectivity index (χ0n) is 15.5. The van der Waals surface area contributed by atoms with Crippen molar-refractivity contribution in [3.63, 3.8) is 0 Å². The number of halogens is 3. The Bertz CT molecular complexity index is 986. The average Bonchev–Trinajstić information content (AvgIpc) is 2.85. The number of aliphatic hydroxyl groups is 1. The van der Waals surface area contributed by atoms with Crippen LogP contribution in [0.5, 0.6) is 5.88 Å². The highest BCUT2D eigenvalue weighted by atomic mass is 32.2. The highest BCUT2D eigenvalue weighted by Crippen LogP contribution is 2.36. The number of alkyl halides is 3. The fraction of sp³-hybridized carbons (Fsp3) is 0.412. The van der Waals surface area contributed by atoms with E-state index in [0.29, 0.717) is 31.3 Å². The van der Waals surface area contributed by atoms with Gasteiger partial charge in [-0.3, -0.25) is 0 Å². The van der Waals surface area contributed by atoms with E-state index in [2.05, 4.69) is 15.3 Å². The summed E-state index contributed by atoms with van der Waals surface area (Å²) < 4.78 is 73.2. The van der Waals surface area contributed by atoms with E-state index in [1.807, 2.05) is 0 Å². The van der Waals surface area contributed by atoms with Crippen molar-refractivity contribution >= 4 is 21.7 Å². The summed E-state index contributed by atoms with van der Waals surface area (Å²) in [5.74, 6) is -0.937. The quantitative estimate of drug-likeness (QED) is 0.630. The van der Waals surface area contributed by atoms with E-state index in [0.717, 1.165) is 0 Å². The molecule has 1 aromatic heterocycles. The summed E-state index contributed by atoms with van der Waals surface area (Å²) in [7, 11) is -3.88. The van der Waals surface area contributed by atoms with Gasteiger partial charge in [-0.05, 0) is 37.1 Å². The van der Waals surface area contributed by atoms with Crippen LogP contribution in [0.3, 0.4) is 0 Å². The number of nitrogens with zero attached hydrogens (tertiary/aromatic N) is 2. The summed E-state index contributed by atoms with van der Waals surface area (Å²) in [4.78, 5) is 7.33. The topological polar surface area (TPSA) is 137 Å². The number of anilines is 2. The van der Waals surface area contributed by atoms with E-state index in [4.69, 9.17) is 14.6 Å². The van der Waals surface area contributed by atoms with Crippen LogP contribution in [0.15, 0.2) is 35.4 Å². The molecule has 1 aromatic carbocycles. The molecule has 0 spiro atoms. The predicted octanol–water partition coefficient (Wildman–Crippen LogP) is 1.81. The Balaban J connectivity index is 1.86. The summed E-state index contributed by atoms with van der Waals surface area (Å²) >= 11 is 0. The zero-order chi connectivity index (χ0) is 21.9. The number of benzene rings is 1. The number of aliphatic hydroxyl groups excluding tert-OH is 1. The van der Waals surface area contributed by atoms with E-state index >= 15 is 0 Å². The minimum atomic E-state index is -4.77. The minimum absolute atomic E-state index is 0.0569. The van der Waals surface area contributed by atoms with Gasteiger partial charge in [-0.15, -0.1) is 0 Å². The molecular formula is C17H19F3N4O5S. The molecule has 3 rings (SSSR count). The largest absolute Gasteiger partial charge is 0.471 e. The average molecular weight is 448 g/mol. The third-order valence-corrected chi connectivity index (χ3v) is 5.19. The van der Waals surface area contributed by atoms with Crippen LogP contribution in [0.4, 0.5) is 24.8 Å². The van der Waals surface area contributed by atoms with Gasteiger partial charge in [0, 0.05) is 18.5 Å². The van der Waals surface area contributed by atoms with Crippen LogP contribution in [-0.4, -0.2) is 48.9 Å². The summed E-state index contributed by atoms with van der Waals surface area (Å²) in [5.41, 5.74) is -0.869. The van der Waals surface area contributed by atoms with Gasteiger partial charge < -0.3 is 19.9 Å². The molecule has 0 saturated carbocycles. The van der Waals surface area contributed by atoms with Crippen molar-refractivity contribution < 1.29 is 36.2 Å². The normalized spacial score (nSPS) is 20.4. The van der Waals surface area contributed by atoms with E-state index in [1.54, 1.807) is 0 Å². The molecule has 0 aliphatic carbocycles. The molecule has 1 aliphatic rings. The molecule has 0 amide bonds. The number of nitrogens with one attached hydrogen (secondary N) is 1. The lowest BCUT2D eigenvalue weighted by Crippen LogP contribution is -2.34. The molecule has 164 valence electrons. The summed E-state index contributed by atoms with van der Waals surface area (Å²) in [6, 6.07) is 5.16. The van der Waals surface area contributed by atoms with Crippen LogP contribution in [-0.2, 0) is 20.9 Å². The SMILES string of the molecule is NS(=O)(=O)c1ccc(Nc2ncc(C(F)(F)F)c(OC3CCCOCC3O)n2)cc1. The fourth-order valence-corrected chi connectivity index (χ4v) is 3.25. The Kier molecular flexibility index (Phi) is 6.45. The van der Waals surface area contributed by atoms with Crippen molar-refractivity contribution in [1.29, 1.82) is 0 Å². The van der Waals surface area contributed by atoms with Crippen LogP contribution in [0.25, 0.3) is 0 Å². The summed E-state index contributed by atoms with van der Waals surface area (Å²) in [5, 5.41) is 17.7. The second kappa shape index (κ2) is 8.71. The van der Waals surface area contributed by atoms with Crippen molar-refractivity contribution in [2.24, 2.45) is 5.14 Å². The lowest BCUT2D eigenvalue weighted by molar-refractivity contribution is -0.140. The zero-order valence-corrected chi connectivity index (χ0v) is 16.3. The maximum Gasteiger partial charge on any atom is 0.423 e. The number of hydrogen-bond acceptors (Lipinski definition) is 8. The van der Waals surface area contributed by atoms with Crippen molar-refractivity contribution in [3.8, 4) is 5.88 Å².